The molecule has 6 rings (SSSR count). The molecule has 0 bridgehead atoms. The number of urea groups is 1. The summed E-state index contributed by atoms with van der Waals surface area (Å²) >= 11 is 0. The topological polar surface area (TPSA) is 79.4 Å². The minimum atomic E-state index is -4.49. The number of amides is 4. The quantitative estimate of drug-likeness (QED) is 0.475. The van der Waals surface area contributed by atoms with Gasteiger partial charge in [-0.3, -0.25) is 14.5 Å². The Labute approximate surface area is 274 Å². The lowest BCUT2D eigenvalue weighted by atomic mass is 9.92. The van der Waals surface area contributed by atoms with Crippen molar-refractivity contribution in [1.29, 1.82) is 0 Å². The predicted octanol–water partition coefficient (Wildman–Crippen LogP) is 4.53. The molecule has 0 aromatic heterocycles. The Kier molecular flexibility index (Phi) is 10.1. The van der Waals surface area contributed by atoms with Crippen LogP contribution in [-0.2, 0) is 28.7 Å². The first kappa shape index (κ1) is 33.3. The number of anilines is 1. The number of hydrogen-bond donors (Lipinski definition) is 1. The van der Waals surface area contributed by atoms with E-state index in [9.17, 15) is 27.6 Å². The molecule has 254 valence electrons. The molecule has 3 saturated heterocycles. The molecule has 9 nitrogen and oxygen atoms in total. The van der Waals surface area contributed by atoms with Crippen LogP contribution >= 0.6 is 0 Å². The Balaban J connectivity index is 1.09. The van der Waals surface area contributed by atoms with Gasteiger partial charge < -0.3 is 24.9 Å². The number of alkyl halides is 3. The van der Waals surface area contributed by atoms with Crippen molar-refractivity contribution in [3.63, 3.8) is 0 Å². The Morgan fingerprint density at radius 3 is 2.23 bits per heavy atom. The molecule has 47 heavy (non-hydrogen) atoms. The van der Waals surface area contributed by atoms with Gasteiger partial charge in [-0.25, -0.2) is 4.79 Å². The summed E-state index contributed by atoms with van der Waals surface area (Å²) in [5.74, 6) is -1.10. The third kappa shape index (κ3) is 7.92. The van der Waals surface area contributed by atoms with E-state index in [1.165, 1.54) is 6.07 Å². The molecule has 1 atom stereocenters. The van der Waals surface area contributed by atoms with Crippen LogP contribution in [0.5, 0.6) is 0 Å². The van der Waals surface area contributed by atoms with Crippen LogP contribution in [0, 0.1) is 5.92 Å². The summed E-state index contributed by atoms with van der Waals surface area (Å²) in [5, 5.41) is 2.96. The van der Waals surface area contributed by atoms with Crippen molar-refractivity contribution < 1.29 is 27.6 Å². The zero-order valence-electron chi connectivity index (χ0n) is 27.1. The maximum Gasteiger partial charge on any atom is 0.416 e. The van der Waals surface area contributed by atoms with Gasteiger partial charge in [0.15, 0.2) is 0 Å². The molecule has 4 aliphatic rings. The average molecular weight is 655 g/mol. The highest BCUT2D eigenvalue weighted by Gasteiger charge is 2.36. The number of piperazine rings is 1. The normalized spacial score (nSPS) is 21.4. The molecule has 0 aliphatic carbocycles. The molecular weight excluding hydrogens is 609 g/mol. The van der Waals surface area contributed by atoms with Crippen LogP contribution in [0.4, 0.5) is 23.7 Å². The number of hydrogen-bond acceptors (Lipinski definition) is 5. The minimum Gasteiger partial charge on any atom is -0.343 e. The number of fused-ring (bicyclic) bond motifs is 1. The van der Waals surface area contributed by atoms with Gasteiger partial charge in [0.1, 0.15) is 0 Å². The fourth-order valence-corrected chi connectivity index (χ4v) is 7.62. The van der Waals surface area contributed by atoms with E-state index in [4.69, 9.17) is 0 Å². The molecule has 4 amide bonds. The van der Waals surface area contributed by atoms with Gasteiger partial charge in [0, 0.05) is 70.0 Å². The Morgan fingerprint density at radius 1 is 0.851 bits per heavy atom. The van der Waals surface area contributed by atoms with Gasteiger partial charge in [-0.2, -0.15) is 13.2 Å². The van der Waals surface area contributed by atoms with Gasteiger partial charge in [0.05, 0.1) is 11.5 Å². The summed E-state index contributed by atoms with van der Waals surface area (Å²) in [6.45, 7) is 6.14. The lowest BCUT2D eigenvalue weighted by Crippen LogP contribution is -2.55. The maximum atomic E-state index is 14.0. The van der Waals surface area contributed by atoms with Crippen LogP contribution in [0.1, 0.15) is 48.8 Å². The van der Waals surface area contributed by atoms with E-state index in [2.05, 4.69) is 22.2 Å². The number of likely N-dealkylation sites (tertiary alicyclic amines) is 2. The van der Waals surface area contributed by atoms with E-state index in [1.54, 1.807) is 15.9 Å². The average Bonchev–Trinajstić information content (AvgIpc) is 3.07. The first-order chi connectivity index (χ1) is 22.5. The second kappa shape index (κ2) is 14.2. The molecule has 12 heteroatoms. The third-order valence-electron chi connectivity index (χ3n) is 10.5. The highest BCUT2D eigenvalue weighted by molar-refractivity contribution is 5.92. The Bertz CT molecular complexity index is 1430. The summed E-state index contributed by atoms with van der Waals surface area (Å²) in [6.07, 6.45) is -1.06. The third-order valence-corrected chi connectivity index (χ3v) is 10.5. The van der Waals surface area contributed by atoms with Gasteiger partial charge in [-0.1, -0.05) is 36.4 Å². The van der Waals surface area contributed by atoms with Gasteiger partial charge in [0.2, 0.25) is 11.8 Å². The number of halogens is 3. The monoisotopic (exact) mass is 654 g/mol. The van der Waals surface area contributed by atoms with Crippen molar-refractivity contribution in [2.45, 2.75) is 63.3 Å². The molecule has 2 aromatic carbocycles. The first-order valence-corrected chi connectivity index (χ1v) is 16.9. The van der Waals surface area contributed by atoms with E-state index in [0.29, 0.717) is 57.2 Å². The lowest BCUT2D eigenvalue weighted by Gasteiger charge is -2.43. The Hall–Kier alpha value is -3.64. The molecule has 0 radical (unpaired) electrons. The van der Waals surface area contributed by atoms with Crippen molar-refractivity contribution in [1.82, 2.24) is 24.5 Å². The predicted molar refractivity (Wildman–Crippen MR) is 173 cm³/mol. The van der Waals surface area contributed by atoms with E-state index < -0.39 is 17.7 Å². The summed E-state index contributed by atoms with van der Waals surface area (Å²) in [7, 11) is 2.13. The molecule has 0 unspecified atom stereocenters. The van der Waals surface area contributed by atoms with Crippen molar-refractivity contribution in [3.05, 3.63) is 65.2 Å². The molecule has 4 aliphatic heterocycles. The molecule has 2 aromatic rings. The maximum absolute atomic E-state index is 14.0. The van der Waals surface area contributed by atoms with Gasteiger partial charge in [0.25, 0.3) is 0 Å². The number of rotatable bonds is 7. The lowest BCUT2D eigenvalue weighted by molar-refractivity contribution is -0.143. The van der Waals surface area contributed by atoms with Crippen LogP contribution in [0.2, 0.25) is 0 Å². The second-order valence-corrected chi connectivity index (χ2v) is 13.5. The molecule has 0 spiro atoms. The zero-order valence-corrected chi connectivity index (χ0v) is 27.1. The van der Waals surface area contributed by atoms with E-state index in [1.807, 2.05) is 29.2 Å². The summed E-state index contributed by atoms with van der Waals surface area (Å²) < 4.78 is 40.5. The van der Waals surface area contributed by atoms with Crippen molar-refractivity contribution in [2.24, 2.45) is 5.92 Å². The molecule has 3 fully saturated rings. The number of benzene rings is 2. The number of nitrogens with zero attached hydrogens (tertiary/aromatic N) is 5. The SMILES string of the molecule is CN1CCC(N2CCN(C(=O)[C@@H](CC(=O)N3CCC(N4Cc5ccccc5NC4=O)CC3)Cc3cccc(C(F)(F)F)c3)CC2)CC1. The molecule has 4 heterocycles. The number of para-hydroxylation sites is 1. The highest BCUT2D eigenvalue weighted by atomic mass is 19.4. The zero-order chi connectivity index (χ0) is 33.1. The molecule has 1 N–H and O–H groups in total. The number of carbonyl (C=O) groups excluding carboxylic acids is 3. The van der Waals surface area contributed by atoms with E-state index in [-0.39, 0.29) is 36.7 Å². The van der Waals surface area contributed by atoms with E-state index in [0.717, 1.165) is 62.4 Å². The van der Waals surface area contributed by atoms with E-state index >= 15 is 0 Å². The smallest absolute Gasteiger partial charge is 0.343 e. The second-order valence-electron chi connectivity index (χ2n) is 13.5. The van der Waals surface area contributed by atoms with Gasteiger partial charge >= 0.3 is 12.2 Å². The fraction of sp³-hybridized carbons (Fsp3) is 0.571. The van der Waals surface area contributed by atoms with Crippen LogP contribution in [0.3, 0.4) is 0 Å². The molecular formula is C35H45F3N6O3. The van der Waals surface area contributed by atoms with Crippen molar-refractivity contribution in [2.75, 3.05) is 64.7 Å². The summed E-state index contributed by atoms with van der Waals surface area (Å²) in [4.78, 5) is 50.7. The minimum absolute atomic E-state index is 0.0178. The van der Waals surface area contributed by atoms with Crippen LogP contribution in [-0.4, -0.2) is 114 Å². The van der Waals surface area contributed by atoms with Gasteiger partial charge in [-0.15, -0.1) is 0 Å². The highest BCUT2D eigenvalue weighted by Crippen LogP contribution is 2.31. The van der Waals surface area contributed by atoms with Crippen molar-refractivity contribution in [3.8, 4) is 0 Å². The number of nitrogens with one attached hydrogen (secondary N) is 1. The van der Waals surface area contributed by atoms with Crippen LogP contribution in [0.15, 0.2) is 48.5 Å². The van der Waals surface area contributed by atoms with Crippen LogP contribution in [0.25, 0.3) is 0 Å². The molecule has 0 saturated carbocycles. The number of carbonyl (C=O) groups is 3. The standard InChI is InChI=1S/C35H45F3N6O3/c1-40-13-9-29(10-14-40)41-17-19-43(20-18-41)33(46)27(21-25-5-4-7-28(22-25)35(36,37)38)23-32(45)42-15-11-30(12-16-42)44-24-26-6-2-3-8-31(26)39-34(44)47/h2-8,22,27,29-30H,9-21,23-24H2,1H3,(H,39,47)/t27-/m1/s1. The number of piperidine rings is 2. The largest absolute Gasteiger partial charge is 0.416 e. The fourth-order valence-electron chi connectivity index (χ4n) is 7.62. The summed E-state index contributed by atoms with van der Waals surface area (Å²) in [5.41, 5.74) is 1.51. The summed E-state index contributed by atoms with van der Waals surface area (Å²) in [6, 6.07) is 13.1. The van der Waals surface area contributed by atoms with Crippen LogP contribution < -0.4 is 5.32 Å². The first-order valence-electron chi connectivity index (χ1n) is 16.9. The van der Waals surface area contributed by atoms with Gasteiger partial charge in [-0.05, 0) is 75.5 Å². The Morgan fingerprint density at radius 2 is 1.53 bits per heavy atom. The van der Waals surface area contributed by atoms with Crippen molar-refractivity contribution >= 4 is 23.5 Å².